The molecule has 2 unspecified atom stereocenters. The summed E-state index contributed by atoms with van der Waals surface area (Å²) >= 11 is 1.40. The molecule has 1 aromatic heterocycles. The lowest BCUT2D eigenvalue weighted by atomic mass is 10.0. The lowest BCUT2D eigenvalue weighted by molar-refractivity contribution is -0.157. The molecular weight excluding hydrogens is 478 g/mol. The molecule has 1 aliphatic carbocycles. The zero-order valence-corrected chi connectivity index (χ0v) is 20.7. The minimum absolute atomic E-state index is 0.00306. The first-order valence-electron chi connectivity index (χ1n) is 10.9. The standard InChI is InChI=1S/C24H25NO7S2/c1-23(2,3)32-22(26)24(8-10-29-11-9-24)34(27,28)16-5-6-17-20(13-16)33-21(25-17)15-4-7-18-19(12-15)31-14-30-18/h4,6-8,10,12-13,16H,5,9,11,14H2,1-3H3. The molecule has 3 aliphatic rings. The summed E-state index contributed by atoms with van der Waals surface area (Å²) in [7, 11) is -4.01. The average Bonchev–Trinajstić information content (AvgIpc) is 3.44. The van der Waals surface area contributed by atoms with Gasteiger partial charge >= 0.3 is 5.97 Å². The summed E-state index contributed by atoms with van der Waals surface area (Å²) in [4.78, 5) is 17.9. The number of carbonyl (C=O) groups is 1. The second-order valence-electron chi connectivity index (χ2n) is 9.34. The second kappa shape index (κ2) is 8.13. The number of carbonyl (C=O) groups excluding carboxylic acids is 1. The molecule has 5 rings (SSSR count). The Balaban J connectivity index is 1.51. The van der Waals surface area contributed by atoms with Crippen molar-refractivity contribution >= 4 is 39.3 Å². The van der Waals surface area contributed by atoms with Gasteiger partial charge in [0.2, 0.25) is 6.79 Å². The molecule has 1 aromatic carbocycles. The van der Waals surface area contributed by atoms with Gasteiger partial charge in [0.05, 0.1) is 28.0 Å². The van der Waals surface area contributed by atoms with Crippen LogP contribution < -0.4 is 19.4 Å². The highest BCUT2D eigenvalue weighted by molar-refractivity contribution is 7.94. The molecule has 0 saturated carbocycles. The van der Waals surface area contributed by atoms with Crippen LogP contribution in [0.1, 0.15) is 33.6 Å². The molecule has 10 heteroatoms. The maximum atomic E-state index is 13.9. The number of fused-ring (bicyclic) bond motifs is 2. The summed E-state index contributed by atoms with van der Waals surface area (Å²) in [6, 6.07) is 5.60. The number of hydrogen-bond acceptors (Lipinski definition) is 9. The highest BCUT2D eigenvalue weighted by Gasteiger charge is 2.54. The fraction of sp³-hybridized carbons (Fsp3) is 0.417. The van der Waals surface area contributed by atoms with Gasteiger partial charge in [0, 0.05) is 12.0 Å². The Morgan fingerprint density at radius 3 is 2.76 bits per heavy atom. The van der Waals surface area contributed by atoms with Crippen molar-refractivity contribution in [2.45, 2.75) is 49.2 Å². The van der Waals surface area contributed by atoms with E-state index in [2.05, 4.69) is 0 Å². The van der Waals surface area contributed by atoms with Gasteiger partial charge in [-0.05, 0) is 57.5 Å². The number of rotatable bonds is 4. The molecule has 0 bridgehead atoms. The lowest BCUT2D eigenvalue weighted by Crippen LogP contribution is -2.53. The van der Waals surface area contributed by atoms with Crippen molar-refractivity contribution in [2.24, 2.45) is 0 Å². The fourth-order valence-corrected chi connectivity index (χ4v) is 7.36. The van der Waals surface area contributed by atoms with Gasteiger partial charge in [0.1, 0.15) is 10.6 Å². The van der Waals surface area contributed by atoms with E-state index in [0.29, 0.717) is 11.5 Å². The van der Waals surface area contributed by atoms with E-state index in [0.717, 1.165) is 20.5 Å². The third kappa shape index (κ3) is 3.88. The molecule has 0 radical (unpaired) electrons. The van der Waals surface area contributed by atoms with Crippen molar-refractivity contribution in [2.75, 3.05) is 13.4 Å². The maximum Gasteiger partial charge on any atom is 0.332 e. The Bertz CT molecular complexity index is 1400. The van der Waals surface area contributed by atoms with Gasteiger partial charge in [-0.2, -0.15) is 0 Å². The first-order valence-corrected chi connectivity index (χ1v) is 13.3. The summed E-state index contributed by atoms with van der Waals surface area (Å²) < 4.78 is 48.4. The van der Waals surface area contributed by atoms with Crippen LogP contribution in [0.25, 0.3) is 22.7 Å². The first-order chi connectivity index (χ1) is 16.1. The van der Waals surface area contributed by atoms with E-state index in [1.165, 1.54) is 23.7 Å². The molecule has 0 amide bonds. The third-order valence-corrected chi connectivity index (χ3v) is 9.59. The number of hydrogen-bond donors (Lipinski definition) is 0. The van der Waals surface area contributed by atoms with Crippen molar-refractivity contribution in [1.29, 1.82) is 0 Å². The van der Waals surface area contributed by atoms with E-state index in [9.17, 15) is 13.2 Å². The minimum Gasteiger partial charge on any atom is -0.501 e. The van der Waals surface area contributed by atoms with E-state index in [1.807, 2.05) is 24.3 Å². The van der Waals surface area contributed by atoms with E-state index in [-0.39, 0.29) is 26.2 Å². The smallest absolute Gasteiger partial charge is 0.332 e. The van der Waals surface area contributed by atoms with Gasteiger partial charge in [-0.1, -0.05) is 6.08 Å². The van der Waals surface area contributed by atoms with Gasteiger partial charge in [-0.3, -0.25) is 0 Å². The molecule has 34 heavy (non-hydrogen) atoms. The molecule has 0 fully saturated rings. The zero-order valence-electron chi connectivity index (χ0n) is 19.1. The highest BCUT2D eigenvalue weighted by Crippen LogP contribution is 2.37. The molecule has 3 heterocycles. The quantitative estimate of drug-likeness (QED) is 0.586. The molecule has 8 nitrogen and oxygen atoms in total. The van der Waals surface area contributed by atoms with Crippen LogP contribution in [0.4, 0.5) is 0 Å². The summed E-state index contributed by atoms with van der Waals surface area (Å²) in [6.45, 7) is 5.46. The largest absolute Gasteiger partial charge is 0.501 e. The van der Waals surface area contributed by atoms with E-state index in [4.69, 9.17) is 23.9 Å². The molecule has 2 aliphatic heterocycles. The average molecular weight is 504 g/mol. The Morgan fingerprint density at radius 2 is 2.03 bits per heavy atom. The molecule has 2 aromatic rings. The van der Waals surface area contributed by atoms with Crippen molar-refractivity contribution in [3.05, 3.63) is 40.4 Å². The number of thiazole rings is 1. The first kappa shape index (κ1) is 22.9. The zero-order chi connectivity index (χ0) is 24.1. The van der Waals surface area contributed by atoms with Crippen molar-refractivity contribution in [3.8, 4) is 22.1 Å². The van der Waals surface area contributed by atoms with Crippen LogP contribution in [-0.2, 0) is 24.1 Å². The Morgan fingerprint density at radius 1 is 1.24 bits per heavy atom. The van der Waals surface area contributed by atoms with E-state index >= 15 is 0 Å². The SMILES string of the molecule is CC(C)(C)OC(=O)C1(S(=O)(=O)C2C=c3sc(-c4ccc5c(c4)OCO5)nc3=CC2)C=COCC1. The van der Waals surface area contributed by atoms with Crippen molar-refractivity contribution in [1.82, 2.24) is 4.98 Å². The summed E-state index contributed by atoms with van der Waals surface area (Å²) in [5, 5.41) is 0.597. The summed E-state index contributed by atoms with van der Waals surface area (Å²) in [5.41, 5.74) is 0.0425. The fourth-order valence-electron chi connectivity index (χ4n) is 4.12. The molecule has 0 N–H and O–H groups in total. The molecular formula is C24H25NO7S2. The van der Waals surface area contributed by atoms with Crippen LogP contribution >= 0.6 is 11.3 Å². The molecule has 0 saturated heterocycles. The van der Waals surface area contributed by atoms with Crippen molar-refractivity contribution < 1.29 is 32.2 Å². The predicted molar refractivity (Wildman–Crippen MR) is 127 cm³/mol. The normalized spacial score (nSPS) is 23.3. The van der Waals surface area contributed by atoms with E-state index in [1.54, 1.807) is 26.8 Å². The van der Waals surface area contributed by atoms with Gasteiger partial charge in [-0.15, -0.1) is 11.3 Å². The van der Waals surface area contributed by atoms with Crippen LogP contribution in [0.2, 0.25) is 0 Å². The van der Waals surface area contributed by atoms with Gasteiger partial charge in [0.15, 0.2) is 26.1 Å². The Labute approximate surface area is 201 Å². The van der Waals surface area contributed by atoms with Gasteiger partial charge < -0.3 is 18.9 Å². The number of aromatic nitrogens is 1. The Hall–Kier alpha value is -2.85. The van der Waals surface area contributed by atoms with Crippen LogP contribution in [0.3, 0.4) is 0 Å². The van der Waals surface area contributed by atoms with Crippen LogP contribution in [0.15, 0.2) is 30.5 Å². The number of ether oxygens (including phenoxy) is 4. The van der Waals surface area contributed by atoms with Gasteiger partial charge in [-0.25, -0.2) is 18.2 Å². The molecule has 0 spiro atoms. The van der Waals surface area contributed by atoms with Crippen molar-refractivity contribution in [3.63, 3.8) is 0 Å². The second-order valence-corrected chi connectivity index (χ2v) is 12.8. The molecule has 180 valence electrons. The lowest BCUT2D eigenvalue weighted by Gasteiger charge is -2.35. The predicted octanol–water partition coefficient (Wildman–Crippen LogP) is 2.30. The van der Waals surface area contributed by atoms with Crippen LogP contribution in [-0.4, -0.2) is 48.4 Å². The van der Waals surface area contributed by atoms with Crippen LogP contribution in [0.5, 0.6) is 11.5 Å². The third-order valence-electron chi connectivity index (χ3n) is 5.86. The number of esters is 1. The number of benzene rings is 1. The molecule has 2 atom stereocenters. The topological polar surface area (TPSA) is 101 Å². The monoisotopic (exact) mass is 503 g/mol. The summed E-state index contributed by atoms with van der Waals surface area (Å²) in [6.07, 6.45) is 6.36. The number of nitrogens with zero attached hydrogens (tertiary/aromatic N) is 1. The Kier molecular flexibility index (Phi) is 5.48. The highest BCUT2D eigenvalue weighted by atomic mass is 32.2. The summed E-state index contributed by atoms with van der Waals surface area (Å²) in [5.74, 6) is 0.570. The number of sulfone groups is 1. The van der Waals surface area contributed by atoms with Crippen LogP contribution in [0, 0.1) is 0 Å². The van der Waals surface area contributed by atoms with Gasteiger partial charge in [0.25, 0.3) is 0 Å². The van der Waals surface area contributed by atoms with E-state index < -0.39 is 31.4 Å². The maximum absolute atomic E-state index is 13.9. The minimum atomic E-state index is -4.01.